The Labute approximate surface area is 125 Å². The largest absolute Gasteiger partial charge is 0.310 e. The van der Waals surface area contributed by atoms with Crippen LogP contribution in [-0.2, 0) is 6.54 Å². The van der Waals surface area contributed by atoms with Gasteiger partial charge in [-0.15, -0.1) is 11.6 Å². The number of aromatic nitrogens is 1. The molecule has 0 amide bonds. The van der Waals surface area contributed by atoms with Crippen molar-refractivity contribution in [2.45, 2.75) is 38.3 Å². The maximum atomic E-state index is 6.09. The molecule has 2 aromatic rings. The number of alkyl halides is 1. The summed E-state index contributed by atoms with van der Waals surface area (Å²) in [6.07, 6.45) is 7.02. The number of rotatable bonds is 4. The summed E-state index contributed by atoms with van der Waals surface area (Å²) >= 11 is 6.09. The van der Waals surface area contributed by atoms with Crippen molar-refractivity contribution in [3.8, 4) is 0 Å². The van der Waals surface area contributed by atoms with E-state index in [0.717, 1.165) is 17.9 Å². The minimum atomic E-state index is 0.575. The molecule has 0 spiro atoms. The SMILES string of the molecule is ClCC1CCCCC1NCc1ccc2ncccc2c1. The van der Waals surface area contributed by atoms with Crippen molar-refractivity contribution in [2.75, 3.05) is 5.88 Å². The molecule has 106 valence electrons. The van der Waals surface area contributed by atoms with Crippen molar-refractivity contribution in [1.29, 1.82) is 0 Å². The van der Waals surface area contributed by atoms with Gasteiger partial charge in [-0.2, -0.15) is 0 Å². The van der Waals surface area contributed by atoms with Gasteiger partial charge in [0.2, 0.25) is 0 Å². The van der Waals surface area contributed by atoms with Gasteiger partial charge in [-0.3, -0.25) is 4.98 Å². The van der Waals surface area contributed by atoms with E-state index >= 15 is 0 Å². The van der Waals surface area contributed by atoms with Gasteiger partial charge in [0.1, 0.15) is 0 Å². The average Bonchev–Trinajstić information content (AvgIpc) is 2.53. The fourth-order valence-electron chi connectivity index (χ4n) is 3.15. The van der Waals surface area contributed by atoms with Gasteiger partial charge in [0.15, 0.2) is 0 Å². The van der Waals surface area contributed by atoms with Crippen molar-refractivity contribution < 1.29 is 0 Å². The Balaban J connectivity index is 1.67. The van der Waals surface area contributed by atoms with Crippen molar-refractivity contribution in [2.24, 2.45) is 5.92 Å². The van der Waals surface area contributed by atoms with Gasteiger partial charge in [0, 0.05) is 30.0 Å². The number of hydrogen-bond donors (Lipinski definition) is 1. The molecule has 0 radical (unpaired) electrons. The third-order valence-electron chi connectivity index (χ3n) is 4.34. The molecule has 1 aliphatic carbocycles. The lowest BCUT2D eigenvalue weighted by molar-refractivity contribution is 0.282. The zero-order valence-corrected chi connectivity index (χ0v) is 12.4. The number of fused-ring (bicyclic) bond motifs is 1. The summed E-state index contributed by atoms with van der Waals surface area (Å²) < 4.78 is 0. The molecule has 20 heavy (non-hydrogen) atoms. The third-order valence-corrected chi connectivity index (χ3v) is 4.74. The number of benzene rings is 1. The van der Waals surface area contributed by atoms with Crippen LogP contribution in [0.1, 0.15) is 31.2 Å². The Bertz CT molecular complexity index is 570. The van der Waals surface area contributed by atoms with Crippen LogP contribution in [0.25, 0.3) is 10.9 Å². The maximum Gasteiger partial charge on any atom is 0.0702 e. The fourth-order valence-corrected chi connectivity index (χ4v) is 3.51. The average molecular weight is 289 g/mol. The number of hydrogen-bond acceptors (Lipinski definition) is 2. The van der Waals surface area contributed by atoms with Crippen molar-refractivity contribution in [1.82, 2.24) is 10.3 Å². The lowest BCUT2D eigenvalue weighted by Gasteiger charge is -2.31. The molecule has 0 saturated heterocycles. The minimum absolute atomic E-state index is 0.575. The smallest absolute Gasteiger partial charge is 0.0702 e. The van der Waals surface area contributed by atoms with Crippen LogP contribution in [0.2, 0.25) is 0 Å². The summed E-state index contributed by atoms with van der Waals surface area (Å²) in [5, 5.41) is 4.91. The lowest BCUT2D eigenvalue weighted by atomic mass is 9.85. The fraction of sp³-hybridized carbons (Fsp3) is 0.471. The van der Waals surface area contributed by atoms with E-state index in [2.05, 4.69) is 34.6 Å². The van der Waals surface area contributed by atoms with E-state index in [0.29, 0.717) is 12.0 Å². The molecule has 0 aliphatic heterocycles. The molecule has 1 saturated carbocycles. The van der Waals surface area contributed by atoms with Gasteiger partial charge < -0.3 is 5.32 Å². The highest BCUT2D eigenvalue weighted by Crippen LogP contribution is 2.25. The lowest BCUT2D eigenvalue weighted by Crippen LogP contribution is -2.38. The zero-order valence-electron chi connectivity index (χ0n) is 11.7. The molecule has 0 bridgehead atoms. The second kappa shape index (κ2) is 6.55. The van der Waals surface area contributed by atoms with Crippen LogP contribution in [-0.4, -0.2) is 16.9 Å². The first kappa shape index (κ1) is 13.8. The van der Waals surface area contributed by atoms with E-state index in [4.69, 9.17) is 11.6 Å². The normalized spacial score (nSPS) is 23.1. The van der Waals surface area contributed by atoms with Crippen LogP contribution in [0.5, 0.6) is 0 Å². The number of nitrogens with one attached hydrogen (secondary N) is 1. The summed E-state index contributed by atoms with van der Waals surface area (Å²) in [5.74, 6) is 1.41. The van der Waals surface area contributed by atoms with E-state index < -0.39 is 0 Å². The Morgan fingerprint density at radius 3 is 3.00 bits per heavy atom. The summed E-state index contributed by atoms with van der Waals surface area (Å²) in [7, 11) is 0. The molecule has 1 heterocycles. The standard InChI is InChI=1S/C17H21ClN2/c18-11-15-4-1-2-6-16(15)20-12-13-7-8-17-14(10-13)5-3-9-19-17/h3,5,7-10,15-16,20H,1-2,4,6,11-12H2. The first-order valence-corrected chi connectivity index (χ1v) is 8.03. The molecule has 2 nitrogen and oxygen atoms in total. The van der Waals surface area contributed by atoms with Crippen LogP contribution >= 0.6 is 11.6 Å². The summed E-state index contributed by atoms with van der Waals surface area (Å²) in [6.45, 7) is 0.920. The van der Waals surface area contributed by atoms with Crippen LogP contribution in [0.4, 0.5) is 0 Å². The van der Waals surface area contributed by atoms with Gasteiger partial charge in [0.25, 0.3) is 0 Å². The van der Waals surface area contributed by atoms with Gasteiger partial charge >= 0.3 is 0 Å². The molecule has 1 aliphatic rings. The molecule has 1 aromatic heterocycles. The minimum Gasteiger partial charge on any atom is -0.310 e. The van der Waals surface area contributed by atoms with Crippen LogP contribution < -0.4 is 5.32 Å². The second-order valence-electron chi connectivity index (χ2n) is 5.72. The third kappa shape index (κ3) is 3.13. The number of pyridine rings is 1. The van der Waals surface area contributed by atoms with Crippen molar-refractivity contribution in [3.63, 3.8) is 0 Å². The Kier molecular flexibility index (Phi) is 4.54. The van der Waals surface area contributed by atoms with Gasteiger partial charge in [-0.25, -0.2) is 0 Å². The monoisotopic (exact) mass is 288 g/mol. The van der Waals surface area contributed by atoms with E-state index in [1.165, 1.54) is 36.6 Å². The Morgan fingerprint density at radius 2 is 2.10 bits per heavy atom. The topological polar surface area (TPSA) is 24.9 Å². The van der Waals surface area contributed by atoms with E-state index in [1.54, 1.807) is 0 Å². The zero-order chi connectivity index (χ0) is 13.8. The molecule has 2 unspecified atom stereocenters. The molecular formula is C17H21ClN2. The first-order chi connectivity index (χ1) is 9.86. The van der Waals surface area contributed by atoms with E-state index in [9.17, 15) is 0 Å². The molecule has 3 rings (SSSR count). The first-order valence-electron chi connectivity index (χ1n) is 7.50. The molecule has 1 fully saturated rings. The maximum absolute atomic E-state index is 6.09. The summed E-state index contributed by atoms with van der Waals surface area (Å²) in [5.41, 5.74) is 2.39. The van der Waals surface area contributed by atoms with Crippen LogP contribution in [0.3, 0.4) is 0 Å². The second-order valence-corrected chi connectivity index (χ2v) is 6.03. The molecule has 3 heteroatoms. The van der Waals surface area contributed by atoms with Gasteiger partial charge in [-0.1, -0.05) is 25.0 Å². The molecule has 1 N–H and O–H groups in total. The van der Waals surface area contributed by atoms with E-state index in [-0.39, 0.29) is 0 Å². The molecule has 1 aromatic carbocycles. The number of halogens is 1. The predicted octanol–water partition coefficient (Wildman–Crippen LogP) is 4.12. The van der Waals surface area contributed by atoms with Crippen LogP contribution in [0, 0.1) is 5.92 Å². The Morgan fingerprint density at radius 1 is 1.20 bits per heavy atom. The number of nitrogens with zero attached hydrogens (tertiary/aromatic N) is 1. The highest BCUT2D eigenvalue weighted by molar-refractivity contribution is 6.18. The quantitative estimate of drug-likeness (QED) is 0.856. The molecular weight excluding hydrogens is 268 g/mol. The van der Waals surface area contributed by atoms with E-state index in [1.807, 2.05) is 12.3 Å². The van der Waals surface area contributed by atoms with Crippen molar-refractivity contribution >= 4 is 22.5 Å². The Hall–Kier alpha value is -1.12. The van der Waals surface area contributed by atoms with Gasteiger partial charge in [0.05, 0.1) is 5.52 Å². The summed E-state index contributed by atoms with van der Waals surface area (Å²) in [4.78, 5) is 4.36. The van der Waals surface area contributed by atoms with Crippen LogP contribution in [0.15, 0.2) is 36.5 Å². The van der Waals surface area contributed by atoms with Gasteiger partial charge in [-0.05, 0) is 42.5 Å². The van der Waals surface area contributed by atoms with Crippen molar-refractivity contribution in [3.05, 3.63) is 42.1 Å². The molecule has 2 atom stereocenters. The highest BCUT2D eigenvalue weighted by Gasteiger charge is 2.23. The summed E-state index contributed by atoms with van der Waals surface area (Å²) in [6, 6.07) is 11.2. The highest BCUT2D eigenvalue weighted by atomic mass is 35.5. The predicted molar refractivity (Wildman–Crippen MR) is 85.0 cm³/mol.